The van der Waals surface area contributed by atoms with Crippen LogP contribution in [0.1, 0.15) is 48.0 Å². The third-order valence-corrected chi connectivity index (χ3v) is 3.46. The summed E-state index contributed by atoms with van der Waals surface area (Å²) in [5.41, 5.74) is 1.81. The number of ketones is 2. The highest BCUT2D eigenvalue weighted by atomic mass is 16.1. The zero-order valence-corrected chi connectivity index (χ0v) is 10.2. The largest absolute Gasteiger partial charge is 0.299 e. The number of Topliss-reactive ketones (excluding diaryl/α,β-unsaturated/α-hetero) is 2. The van der Waals surface area contributed by atoms with Crippen molar-refractivity contribution in [3.63, 3.8) is 0 Å². The minimum absolute atomic E-state index is 0.0110. The molecule has 0 saturated heterocycles. The Morgan fingerprint density at radius 1 is 1.12 bits per heavy atom. The van der Waals surface area contributed by atoms with E-state index in [1.807, 2.05) is 31.2 Å². The molecular weight excluding hydrogens is 212 g/mol. The van der Waals surface area contributed by atoms with E-state index < -0.39 is 0 Å². The maximum absolute atomic E-state index is 12.3. The summed E-state index contributed by atoms with van der Waals surface area (Å²) >= 11 is 0. The molecule has 0 N–H and O–H groups in total. The van der Waals surface area contributed by atoms with Gasteiger partial charge in [0.1, 0.15) is 5.78 Å². The van der Waals surface area contributed by atoms with Crippen molar-refractivity contribution in [1.82, 2.24) is 0 Å². The quantitative estimate of drug-likeness (QED) is 0.443. The van der Waals surface area contributed by atoms with Gasteiger partial charge in [-0.3, -0.25) is 9.59 Å². The highest BCUT2D eigenvalue weighted by Crippen LogP contribution is 2.23. The summed E-state index contributed by atoms with van der Waals surface area (Å²) in [6, 6.07) is 7.51. The molecule has 1 aliphatic rings. The first kappa shape index (κ1) is 12.0. The van der Waals surface area contributed by atoms with Crippen LogP contribution in [-0.4, -0.2) is 11.6 Å². The Bertz CT molecular complexity index is 417. The van der Waals surface area contributed by atoms with Gasteiger partial charge in [-0.15, -0.1) is 0 Å². The molecule has 1 fully saturated rings. The molecule has 2 heteroatoms. The van der Waals surface area contributed by atoms with Gasteiger partial charge in [0.2, 0.25) is 0 Å². The lowest BCUT2D eigenvalue weighted by molar-refractivity contribution is -0.121. The van der Waals surface area contributed by atoms with Crippen molar-refractivity contribution in [3.05, 3.63) is 35.4 Å². The highest BCUT2D eigenvalue weighted by molar-refractivity contribution is 6.10. The van der Waals surface area contributed by atoms with Crippen molar-refractivity contribution in [2.75, 3.05) is 0 Å². The molecule has 0 radical (unpaired) electrons. The van der Waals surface area contributed by atoms with Crippen molar-refractivity contribution in [1.29, 1.82) is 0 Å². The lowest BCUT2D eigenvalue weighted by Gasteiger charge is -2.11. The van der Waals surface area contributed by atoms with Crippen LogP contribution in [0.15, 0.2) is 24.3 Å². The number of aryl methyl sites for hydroxylation is 1. The molecule has 17 heavy (non-hydrogen) atoms. The van der Waals surface area contributed by atoms with Crippen molar-refractivity contribution in [2.24, 2.45) is 5.92 Å². The predicted molar refractivity (Wildman–Crippen MR) is 67.1 cm³/mol. The number of benzene rings is 1. The Kier molecular flexibility index (Phi) is 3.72. The summed E-state index contributed by atoms with van der Waals surface area (Å²) in [5, 5.41) is 0. The van der Waals surface area contributed by atoms with E-state index in [4.69, 9.17) is 0 Å². The number of hydrogen-bond acceptors (Lipinski definition) is 2. The normalized spacial score (nSPS) is 21.0. The van der Waals surface area contributed by atoms with Crippen LogP contribution in [-0.2, 0) is 4.79 Å². The smallest absolute Gasteiger partial charge is 0.173 e. The van der Waals surface area contributed by atoms with Crippen LogP contribution in [0.25, 0.3) is 0 Å². The molecule has 1 atom stereocenters. The van der Waals surface area contributed by atoms with Crippen LogP contribution in [0.5, 0.6) is 0 Å². The first-order valence-corrected chi connectivity index (χ1v) is 6.32. The summed E-state index contributed by atoms with van der Waals surface area (Å²) in [6.07, 6.45) is 4.31. The lowest BCUT2D eigenvalue weighted by atomic mass is 9.90. The summed E-state index contributed by atoms with van der Waals surface area (Å²) in [6.45, 7) is 1.99. The Labute approximate surface area is 102 Å². The minimum atomic E-state index is -0.389. The van der Waals surface area contributed by atoms with Crippen molar-refractivity contribution in [3.8, 4) is 0 Å². The average molecular weight is 230 g/mol. The molecule has 0 bridgehead atoms. The standard InChI is InChI=1S/C15H18O2/c1-11-7-9-12(10-8-11)15(17)13-5-3-2-4-6-14(13)16/h7-10,13H,2-6H2,1H3. The monoisotopic (exact) mass is 230 g/mol. The minimum Gasteiger partial charge on any atom is -0.299 e. The van der Waals surface area contributed by atoms with Gasteiger partial charge >= 0.3 is 0 Å². The molecule has 1 unspecified atom stereocenters. The number of carbonyl (C=O) groups is 2. The SMILES string of the molecule is Cc1ccc(C(=O)C2CCCCCC2=O)cc1. The van der Waals surface area contributed by atoms with Gasteiger partial charge in [0.15, 0.2) is 5.78 Å². The maximum atomic E-state index is 12.3. The second kappa shape index (κ2) is 5.26. The Hall–Kier alpha value is -1.44. The fraction of sp³-hybridized carbons (Fsp3) is 0.467. The van der Waals surface area contributed by atoms with Gasteiger partial charge in [-0.25, -0.2) is 0 Å². The molecule has 0 spiro atoms. The molecule has 2 rings (SSSR count). The van der Waals surface area contributed by atoms with Gasteiger partial charge in [-0.2, -0.15) is 0 Å². The number of hydrogen-bond donors (Lipinski definition) is 0. The third-order valence-electron chi connectivity index (χ3n) is 3.46. The van der Waals surface area contributed by atoms with Gasteiger partial charge in [-0.1, -0.05) is 42.7 Å². The van der Waals surface area contributed by atoms with Crippen LogP contribution >= 0.6 is 0 Å². The van der Waals surface area contributed by atoms with Gasteiger partial charge < -0.3 is 0 Å². The third kappa shape index (κ3) is 2.82. The summed E-state index contributed by atoms with van der Waals surface area (Å²) in [7, 11) is 0. The average Bonchev–Trinajstić information content (AvgIpc) is 2.54. The van der Waals surface area contributed by atoms with E-state index in [1.54, 1.807) is 0 Å². The molecule has 1 aliphatic carbocycles. The van der Waals surface area contributed by atoms with Crippen LogP contribution in [0.2, 0.25) is 0 Å². The molecule has 1 aromatic rings. The van der Waals surface area contributed by atoms with E-state index in [0.717, 1.165) is 31.2 Å². The molecule has 90 valence electrons. The molecule has 0 heterocycles. The molecule has 2 nitrogen and oxygen atoms in total. The Morgan fingerprint density at radius 3 is 2.53 bits per heavy atom. The summed E-state index contributed by atoms with van der Waals surface area (Å²) < 4.78 is 0. The topological polar surface area (TPSA) is 34.1 Å². The van der Waals surface area contributed by atoms with E-state index in [2.05, 4.69) is 0 Å². The highest BCUT2D eigenvalue weighted by Gasteiger charge is 2.28. The second-order valence-corrected chi connectivity index (χ2v) is 4.85. The van der Waals surface area contributed by atoms with E-state index in [9.17, 15) is 9.59 Å². The lowest BCUT2D eigenvalue weighted by Crippen LogP contribution is -2.23. The van der Waals surface area contributed by atoms with Gasteiger partial charge in [0.05, 0.1) is 5.92 Å². The first-order chi connectivity index (χ1) is 8.18. The zero-order chi connectivity index (χ0) is 12.3. The van der Waals surface area contributed by atoms with Crippen LogP contribution in [0.4, 0.5) is 0 Å². The maximum Gasteiger partial charge on any atom is 0.173 e. The van der Waals surface area contributed by atoms with Crippen molar-refractivity contribution >= 4 is 11.6 Å². The molecule has 0 aromatic heterocycles. The molecule has 1 aromatic carbocycles. The number of rotatable bonds is 2. The van der Waals surface area contributed by atoms with E-state index in [-0.39, 0.29) is 17.5 Å². The van der Waals surface area contributed by atoms with Gasteiger partial charge in [-0.05, 0) is 19.8 Å². The van der Waals surface area contributed by atoms with Crippen molar-refractivity contribution in [2.45, 2.75) is 39.0 Å². The fourth-order valence-corrected chi connectivity index (χ4v) is 2.36. The van der Waals surface area contributed by atoms with Crippen LogP contribution in [0.3, 0.4) is 0 Å². The van der Waals surface area contributed by atoms with Gasteiger partial charge in [0.25, 0.3) is 0 Å². The molecule has 1 saturated carbocycles. The second-order valence-electron chi connectivity index (χ2n) is 4.85. The van der Waals surface area contributed by atoms with Crippen LogP contribution in [0, 0.1) is 12.8 Å². The zero-order valence-electron chi connectivity index (χ0n) is 10.2. The molecular formula is C15H18O2. The Balaban J connectivity index is 2.18. The number of carbonyl (C=O) groups excluding carboxylic acids is 2. The fourth-order valence-electron chi connectivity index (χ4n) is 2.36. The van der Waals surface area contributed by atoms with E-state index in [1.165, 1.54) is 0 Å². The van der Waals surface area contributed by atoms with Gasteiger partial charge in [0, 0.05) is 12.0 Å². The summed E-state index contributed by atoms with van der Waals surface area (Å²) in [4.78, 5) is 24.1. The van der Waals surface area contributed by atoms with Crippen molar-refractivity contribution < 1.29 is 9.59 Å². The molecule has 0 aliphatic heterocycles. The van der Waals surface area contributed by atoms with E-state index >= 15 is 0 Å². The van der Waals surface area contributed by atoms with Crippen LogP contribution < -0.4 is 0 Å². The first-order valence-electron chi connectivity index (χ1n) is 6.32. The summed E-state index contributed by atoms with van der Waals surface area (Å²) in [5.74, 6) is -0.245. The Morgan fingerprint density at radius 2 is 1.82 bits per heavy atom. The molecule has 0 amide bonds. The predicted octanol–water partition coefficient (Wildman–Crippen LogP) is 3.33. The van der Waals surface area contributed by atoms with E-state index in [0.29, 0.717) is 12.0 Å².